The van der Waals surface area contributed by atoms with Crippen molar-refractivity contribution in [2.45, 2.75) is 16.7 Å². The van der Waals surface area contributed by atoms with E-state index in [1.54, 1.807) is 44.2 Å². The fraction of sp³-hybridized carbons (Fsp3) is 0.120. The van der Waals surface area contributed by atoms with E-state index >= 15 is 0 Å². The molecular weight excluding hydrogens is 479 g/mol. The molecule has 0 saturated carbocycles. The lowest BCUT2D eigenvalue weighted by Gasteiger charge is -2.12. The molecule has 0 radical (unpaired) electrons. The highest BCUT2D eigenvalue weighted by Crippen LogP contribution is 2.36. The van der Waals surface area contributed by atoms with Gasteiger partial charge in [0.2, 0.25) is 0 Å². The summed E-state index contributed by atoms with van der Waals surface area (Å²) in [6.07, 6.45) is 0. The maximum atomic E-state index is 12.5. The van der Waals surface area contributed by atoms with E-state index in [0.29, 0.717) is 32.8 Å². The van der Waals surface area contributed by atoms with Crippen molar-refractivity contribution in [2.24, 2.45) is 0 Å². The molecule has 0 fully saturated rings. The van der Waals surface area contributed by atoms with Gasteiger partial charge in [0, 0.05) is 32.5 Å². The SMILES string of the molecule is COc1cc2cc(Sc3ccc(NC(=O)c4ccc(Cl)c(Cl)c4)cc3)c(C)nc2cc1OC. The molecule has 0 spiro atoms. The second kappa shape index (κ2) is 9.91. The summed E-state index contributed by atoms with van der Waals surface area (Å²) in [7, 11) is 3.22. The molecule has 33 heavy (non-hydrogen) atoms. The minimum Gasteiger partial charge on any atom is -0.493 e. The lowest BCUT2D eigenvalue weighted by atomic mass is 10.2. The highest BCUT2D eigenvalue weighted by molar-refractivity contribution is 7.99. The summed E-state index contributed by atoms with van der Waals surface area (Å²) in [6, 6.07) is 18.3. The van der Waals surface area contributed by atoms with Gasteiger partial charge in [-0.3, -0.25) is 9.78 Å². The van der Waals surface area contributed by atoms with Crippen LogP contribution in [0.3, 0.4) is 0 Å². The number of fused-ring (bicyclic) bond motifs is 1. The molecule has 1 aromatic heterocycles. The Morgan fingerprint density at radius 2 is 1.61 bits per heavy atom. The van der Waals surface area contributed by atoms with Crippen LogP contribution in [0.25, 0.3) is 10.9 Å². The first kappa shape index (κ1) is 23.2. The van der Waals surface area contributed by atoms with Gasteiger partial charge in [0.15, 0.2) is 11.5 Å². The number of amides is 1. The lowest BCUT2D eigenvalue weighted by Crippen LogP contribution is -2.11. The Morgan fingerprint density at radius 1 is 0.909 bits per heavy atom. The van der Waals surface area contributed by atoms with Crippen molar-refractivity contribution in [3.05, 3.63) is 82.0 Å². The molecule has 0 atom stereocenters. The Morgan fingerprint density at radius 3 is 2.27 bits per heavy atom. The zero-order chi connectivity index (χ0) is 23.5. The van der Waals surface area contributed by atoms with Crippen molar-refractivity contribution in [3.8, 4) is 11.5 Å². The number of aromatic nitrogens is 1. The van der Waals surface area contributed by atoms with Crippen molar-refractivity contribution in [1.82, 2.24) is 4.98 Å². The number of anilines is 1. The molecule has 0 saturated heterocycles. The molecule has 0 aliphatic rings. The Balaban J connectivity index is 1.52. The largest absolute Gasteiger partial charge is 0.493 e. The molecule has 8 heteroatoms. The predicted molar refractivity (Wildman–Crippen MR) is 135 cm³/mol. The number of hydrogen-bond acceptors (Lipinski definition) is 5. The number of nitrogens with zero attached hydrogens (tertiary/aromatic N) is 1. The number of carbonyl (C=O) groups is 1. The smallest absolute Gasteiger partial charge is 0.255 e. The van der Waals surface area contributed by atoms with Gasteiger partial charge in [-0.1, -0.05) is 35.0 Å². The second-order valence-corrected chi connectivity index (χ2v) is 9.11. The summed E-state index contributed by atoms with van der Waals surface area (Å²) >= 11 is 13.5. The van der Waals surface area contributed by atoms with Gasteiger partial charge in [0.1, 0.15) is 0 Å². The van der Waals surface area contributed by atoms with Crippen molar-refractivity contribution in [3.63, 3.8) is 0 Å². The standard InChI is InChI=1S/C25H20Cl2N2O3S/c1-14-24(12-16-11-22(31-2)23(32-3)13-21(16)28-14)33-18-7-5-17(6-8-18)29-25(30)15-4-9-19(26)20(27)10-15/h4-13H,1-3H3,(H,29,30). The van der Waals surface area contributed by atoms with Crippen molar-refractivity contribution >= 4 is 57.5 Å². The van der Waals surface area contributed by atoms with Crippen LogP contribution in [-0.4, -0.2) is 25.1 Å². The van der Waals surface area contributed by atoms with Crippen LogP contribution in [0.5, 0.6) is 11.5 Å². The highest BCUT2D eigenvalue weighted by atomic mass is 35.5. The number of benzene rings is 3. The topological polar surface area (TPSA) is 60.5 Å². The summed E-state index contributed by atoms with van der Waals surface area (Å²) in [5, 5.41) is 4.58. The zero-order valence-electron chi connectivity index (χ0n) is 18.1. The minimum absolute atomic E-state index is 0.257. The molecule has 1 N–H and O–H groups in total. The number of carbonyl (C=O) groups excluding carboxylic acids is 1. The number of pyridine rings is 1. The Kier molecular flexibility index (Phi) is 6.98. The third kappa shape index (κ3) is 5.19. The van der Waals surface area contributed by atoms with E-state index in [0.717, 1.165) is 26.4 Å². The summed E-state index contributed by atoms with van der Waals surface area (Å²) in [5.74, 6) is 1.05. The molecule has 168 valence electrons. The van der Waals surface area contributed by atoms with E-state index in [9.17, 15) is 4.79 Å². The van der Waals surface area contributed by atoms with Gasteiger partial charge in [-0.15, -0.1) is 0 Å². The summed E-state index contributed by atoms with van der Waals surface area (Å²) in [4.78, 5) is 19.3. The number of ether oxygens (including phenoxy) is 2. The molecule has 4 rings (SSSR count). The normalized spacial score (nSPS) is 10.8. The van der Waals surface area contributed by atoms with E-state index in [2.05, 4.69) is 11.4 Å². The van der Waals surface area contributed by atoms with Crippen LogP contribution in [0.1, 0.15) is 16.1 Å². The Bertz CT molecular complexity index is 1340. The molecule has 4 aromatic rings. The Labute approximate surface area is 206 Å². The van der Waals surface area contributed by atoms with E-state index in [4.69, 9.17) is 37.7 Å². The number of methoxy groups -OCH3 is 2. The first-order valence-electron chi connectivity index (χ1n) is 9.95. The fourth-order valence-corrected chi connectivity index (χ4v) is 4.46. The number of aryl methyl sites for hydroxylation is 1. The molecule has 1 heterocycles. The third-order valence-electron chi connectivity index (χ3n) is 4.99. The predicted octanol–water partition coefficient (Wildman–Crippen LogP) is 7.27. The van der Waals surface area contributed by atoms with Crippen LogP contribution in [0.4, 0.5) is 5.69 Å². The molecule has 1 amide bonds. The fourth-order valence-electron chi connectivity index (χ4n) is 3.26. The van der Waals surface area contributed by atoms with E-state index in [1.807, 2.05) is 43.3 Å². The van der Waals surface area contributed by atoms with Crippen LogP contribution >= 0.6 is 35.0 Å². The monoisotopic (exact) mass is 498 g/mol. The quantitative estimate of drug-likeness (QED) is 0.302. The first-order chi connectivity index (χ1) is 15.9. The highest BCUT2D eigenvalue weighted by Gasteiger charge is 2.12. The van der Waals surface area contributed by atoms with Crippen molar-refractivity contribution in [1.29, 1.82) is 0 Å². The number of nitrogens with one attached hydrogen (secondary N) is 1. The molecule has 3 aromatic carbocycles. The van der Waals surface area contributed by atoms with Crippen LogP contribution in [-0.2, 0) is 0 Å². The lowest BCUT2D eigenvalue weighted by molar-refractivity contribution is 0.102. The summed E-state index contributed by atoms with van der Waals surface area (Å²) in [6.45, 7) is 1.98. The van der Waals surface area contributed by atoms with E-state index in [1.165, 1.54) is 0 Å². The van der Waals surface area contributed by atoms with Gasteiger partial charge in [0.25, 0.3) is 5.91 Å². The number of rotatable bonds is 6. The minimum atomic E-state index is -0.257. The van der Waals surface area contributed by atoms with Gasteiger partial charge in [-0.2, -0.15) is 0 Å². The molecule has 0 unspecified atom stereocenters. The second-order valence-electron chi connectivity index (χ2n) is 7.18. The Hall–Kier alpha value is -2.93. The van der Waals surface area contributed by atoms with Gasteiger partial charge >= 0.3 is 0 Å². The molecule has 0 bridgehead atoms. The van der Waals surface area contributed by atoms with Crippen LogP contribution in [0.15, 0.2) is 70.5 Å². The maximum absolute atomic E-state index is 12.5. The zero-order valence-corrected chi connectivity index (χ0v) is 20.4. The van der Waals surface area contributed by atoms with Gasteiger partial charge in [-0.05, 0) is 61.5 Å². The van der Waals surface area contributed by atoms with Crippen LogP contribution < -0.4 is 14.8 Å². The van der Waals surface area contributed by atoms with Crippen LogP contribution in [0, 0.1) is 6.92 Å². The first-order valence-corrected chi connectivity index (χ1v) is 11.5. The van der Waals surface area contributed by atoms with Gasteiger partial charge < -0.3 is 14.8 Å². The summed E-state index contributed by atoms with van der Waals surface area (Å²) < 4.78 is 10.8. The van der Waals surface area contributed by atoms with Crippen LogP contribution in [0.2, 0.25) is 10.0 Å². The molecule has 0 aliphatic carbocycles. The number of hydrogen-bond donors (Lipinski definition) is 1. The van der Waals surface area contributed by atoms with E-state index < -0.39 is 0 Å². The van der Waals surface area contributed by atoms with Gasteiger partial charge in [-0.25, -0.2) is 0 Å². The van der Waals surface area contributed by atoms with E-state index in [-0.39, 0.29) is 5.91 Å². The molecule has 5 nitrogen and oxygen atoms in total. The maximum Gasteiger partial charge on any atom is 0.255 e. The molecular formula is C25H20Cl2N2O3S. The van der Waals surface area contributed by atoms with Gasteiger partial charge in [0.05, 0.1) is 35.5 Å². The summed E-state index contributed by atoms with van der Waals surface area (Å²) in [5.41, 5.74) is 2.87. The van der Waals surface area contributed by atoms with Crippen molar-refractivity contribution in [2.75, 3.05) is 19.5 Å². The van der Waals surface area contributed by atoms with Crippen molar-refractivity contribution < 1.29 is 14.3 Å². The average Bonchev–Trinajstić information content (AvgIpc) is 2.81. The molecule has 0 aliphatic heterocycles. The average molecular weight is 499 g/mol. The number of halogens is 2. The third-order valence-corrected chi connectivity index (χ3v) is 6.87.